The number of rotatable bonds is 5. The van der Waals surface area contributed by atoms with E-state index in [0.717, 1.165) is 23.7 Å². The summed E-state index contributed by atoms with van der Waals surface area (Å²) in [6, 6.07) is 10.9. The molecule has 1 aromatic carbocycles. The van der Waals surface area contributed by atoms with Crippen molar-refractivity contribution in [1.29, 1.82) is 0 Å². The van der Waals surface area contributed by atoms with Gasteiger partial charge >= 0.3 is 0 Å². The van der Waals surface area contributed by atoms with Gasteiger partial charge in [-0.15, -0.1) is 0 Å². The fraction of sp³-hybridized carbons (Fsp3) is 0.700. The van der Waals surface area contributed by atoms with E-state index in [1.807, 2.05) is 0 Å². The first-order valence-electron chi connectivity index (χ1n) is 8.71. The summed E-state index contributed by atoms with van der Waals surface area (Å²) in [6.45, 7) is 9.99. The summed E-state index contributed by atoms with van der Waals surface area (Å²) in [4.78, 5) is 2.57. The second-order valence-corrected chi connectivity index (χ2v) is 8.24. The molecule has 1 nitrogen and oxygen atoms in total. The molecule has 0 amide bonds. The smallest absolute Gasteiger partial charge is 0.00189 e. The molecule has 2 bridgehead atoms. The largest absolute Gasteiger partial charge is 0.306 e. The van der Waals surface area contributed by atoms with Crippen molar-refractivity contribution in [3.05, 3.63) is 35.9 Å². The highest BCUT2D eigenvalue weighted by Gasteiger charge is 2.56. The quantitative estimate of drug-likeness (QED) is 0.771. The van der Waals surface area contributed by atoms with E-state index in [1.165, 1.54) is 37.9 Å². The van der Waals surface area contributed by atoms with Gasteiger partial charge in [-0.25, -0.2) is 0 Å². The van der Waals surface area contributed by atoms with E-state index in [1.54, 1.807) is 0 Å². The maximum absolute atomic E-state index is 2.57. The van der Waals surface area contributed by atoms with Gasteiger partial charge in [-0.05, 0) is 61.0 Å². The second kappa shape index (κ2) is 5.76. The minimum absolute atomic E-state index is 0.600. The van der Waals surface area contributed by atoms with Crippen molar-refractivity contribution < 1.29 is 0 Å². The summed E-state index contributed by atoms with van der Waals surface area (Å²) in [6.07, 6.45) is 4.12. The van der Waals surface area contributed by atoms with Gasteiger partial charge in [-0.2, -0.15) is 0 Å². The Morgan fingerprint density at radius 2 is 1.81 bits per heavy atom. The highest BCUT2D eigenvalue weighted by atomic mass is 15.1. The average molecular weight is 285 g/mol. The van der Waals surface area contributed by atoms with Crippen LogP contribution in [0.15, 0.2) is 30.3 Å². The van der Waals surface area contributed by atoms with Crippen LogP contribution in [0, 0.1) is 29.1 Å². The van der Waals surface area contributed by atoms with E-state index >= 15 is 0 Å². The summed E-state index contributed by atoms with van der Waals surface area (Å²) >= 11 is 0. The zero-order valence-corrected chi connectivity index (χ0v) is 14.2. The van der Waals surface area contributed by atoms with Crippen LogP contribution in [0.2, 0.25) is 0 Å². The maximum atomic E-state index is 2.57. The summed E-state index contributed by atoms with van der Waals surface area (Å²) < 4.78 is 0. The Labute approximate surface area is 130 Å². The van der Waals surface area contributed by atoms with Crippen LogP contribution in [0.4, 0.5) is 0 Å². The fourth-order valence-electron chi connectivity index (χ4n) is 5.23. The lowest BCUT2D eigenvalue weighted by Gasteiger charge is -2.63. The zero-order valence-electron chi connectivity index (χ0n) is 14.2. The number of likely N-dealkylation sites (N-methyl/N-ethyl adjacent to an activating group) is 1. The SMILES string of the molecule is C[C@@H]1C[C@H](CN(C)CCc2ccccc2)[C@@H]2C[C@H]1C2(C)C. The first-order valence-corrected chi connectivity index (χ1v) is 8.71. The van der Waals surface area contributed by atoms with Crippen LogP contribution in [0.1, 0.15) is 39.2 Å². The Balaban J connectivity index is 1.52. The molecule has 0 spiro atoms. The van der Waals surface area contributed by atoms with Crippen molar-refractivity contribution in [2.24, 2.45) is 29.1 Å². The molecule has 116 valence electrons. The number of hydrogen-bond acceptors (Lipinski definition) is 1. The maximum Gasteiger partial charge on any atom is 0.00189 e. The first-order chi connectivity index (χ1) is 9.98. The van der Waals surface area contributed by atoms with Crippen LogP contribution in [-0.4, -0.2) is 25.0 Å². The van der Waals surface area contributed by atoms with E-state index in [2.05, 4.69) is 63.1 Å². The van der Waals surface area contributed by atoms with Crippen molar-refractivity contribution in [2.45, 2.75) is 40.0 Å². The zero-order chi connectivity index (χ0) is 15.0. The van der Waals surface area contributed by atoms with E-state index in [-0.39, 0.29) is 0 Å². The third-order valence-electron chi connectivity index (χ3n) is 6.52. The van der Waals surface area contributed by atoms with Crippen molar-refractivity contribution in [2.75, 3.05) is 20.1 Å². The summed E-state index contributed by atoms with van der Waals surface area (Å²) in [5.41, 5.74) is 2.06. The number of fused-ring (bicyclic) bond motifs is 2. The molecule has 0 heterocycles. The molecule has 0 unspecified atom stereocenters. The monoisotopic (exact) mass is 285 g/mol. The van der Waals surface area contributed by atoms with Crippen molar-refractivity contribution in [3.63, 3.8) is 0 Å². The molecule has 0 saturated heterocycles. The van der Waals surface area contributed by atoms with E-state index in [4.69, 9.17) is 0 Å². The lowest BCUT2D eigenvalue weighted by molar-refractivity contribution is -0.141. The molecule has 0 N–H and O–H groups in total. The predicted molar refractivity (Wildman–Crippen MR) is 90.3 cm³/mol. The highest BCUT2D eigenvalue weighted by Crippen LogP contribution is 2.63. The molecule has 0 radical (unpaired) electrons. The van der Waals surface area contributed by atoms with Gasteiger partial charge in [0.05, 0.1) is 0 Å². The van der Waals surface area contributed by atoms with Gasteiger partial charge in [-0.1, -0.05) is 51.1 Å². The Bertz CT molecular complexity index is 464. The number of benzene rings is 1. The fourth-order valence-corrected chi connectivity index (χ4v) is 5.23. The minimum atomic E-state index is 0.600. The molecular formula is C20H31N. The summed E-state index contributed by atoms with van der Waals surface area (Å²) in [7, 11) is 2.31. The Kier molecular flexibility index (Phi) is 4.14. The van der Waals surface area contributed by atoms with Crippen molar-refractivity contribution >= 4 is 0 Å². The second-order valence-electron chi connectivity index (χ2n) is 8.24. The minimum Gasteiger partial charge on any atom is -0.306 e. The number of nitrogens with zero attached hydrogens (tertiary/aromatic N) is 1. The van der Waals surface area contributed by atoms with Gasteiger partial charge in [0.25, 0.3) is 0 Å². The van der Waals surface area contributed by atoms with E-state index in [0.29, 0.717) is 5.41 Å². The van der Waals surface area contributed by atoms with Crippen molar-refractivity contribution in [1.82, 2.24) is 4.90 Å². The highest BCUT2D eigenvalue weighted by molar-refractivity contribution is 5.15. The molecule has 3 aliphatic carbocycles. The van der Waals surface area contributed by atoms with Crippen LogP contribution < -0.4 is 0 Å². The van der Waals surface area contributed by atoms with Gasteiger partial charge in [0, 0.05) is 13.1 Å². The Morgan fingerprint density at radius 1 is 1.10 bits per heavy atom. The third-order valence-corrected chi connectivity index (χ3v) is 6.52. The Morgan fingerprint density at radius 3 is 2.43 bits per heavy atom. The lowest BCUT2D eigenvalue weighted by Crippen LogP contribution is -2.57. The standard InChI is InChI=1S/C20H31N/c1-15-12-17(19-13-18(15)20(19,2)3)14-21(4)11-10-16-8-6-5-7-9-16/h5-9,15,17-19H,10-14H2,1-4H3/t15-,17-,18-,19+/m1/s1. The molecule has 1 heteroatoms. The number of hydrogen-bond donors (Lipinski definition) is 0. The van der Waals surface area contributed by atoms with Crippen molar-refractivity contribution in [3.8, 4) is 0 Å². The molecule has 3 fully saturated rings. The average Bonchev–Trinajstić information content (AvgIpc) is 2.45. The van der Waals surface area contributed by atoms with E-state index < -0.39 is 0 Å². The van der Waals surface area contributed by atoms with Crippen LogP contribution in [0.25, 0.3) is 0 Å². The Hall–Kier alpha value is -0.820. The van der Waals surface area contributed by atoms with Crippen LogP contribution in [-0.2, 0) is 6.42 Å². The molecular weight excluding hydrogens is 254 g/mol. The molecule has 3 aliphatic rings. The van der Waals surface area contributed by atoms with Crippen LogP contribution in [0.3, 0.4) is 0 Å². The predicted octanol–water partition coefficient (Wildman–Crippen LogP) is 4.48. The lowest BCUT2D eigenvalue weighted by atomic mass is 9.43. The third kappa shape index (κ3) is 2.90. The van der Waals surface area contributed by atoms with Gasteiger partial charge in [-0.3, -0.25) is 0 Å². The van der Waals surface area contributed by atoms with Crippen LogP contribution >= 0.6 is 0 Å². The molecule has 0 aliphatic heterocycles. The summed E-state index contributed by atoms with van der Waals surface area (Å²) in [5.74, 6) is 3.81. The first kappa shape index (κ1) is 15.1. The molecule has 0 aromatic heterocycles. The van der Waals surface area contributed by atoms with Gasteiger partial charge in [0.2, 0.25) is 0 Å². The van der Waals surface area contributed by atoms with Gasteiger partial charge in [0.1, 0.15) is 0 Å². The topological polar surface area (TPSA) is 3.24 Å². The van der Waals surface area contributed by atoms with E-state index in [9.17, 15) is 0 Å². The van der Waals surface area contributed by atoms with Gasteiger partial charge < -0.3 is 4.90 Å². The molecule has 4 rings (SSSR count). The normalized spacial score (nSPS) is 33.8. The molecule has 21 heavy (non-hydrogen) atoms. The van der Waals surface area contributed by atoms with Crippen LogP contribution in [0.5, 0.6) is 0 Å². The molecule has 1 aromatic rings. The molecule has 4 atom stereocenters. The molecule has 3 saturated carbocycles. The summed E-state index contributed by atoms with van der Waals surface area (Å²) in [5, 5.41) is 0. The van der Waals surface area contributed by atoms with Gasteiger partial charge in [0.15, 0.2) is 0 Å².